The Morgan fingerprint density at radius 3 is 2.58 bits per heavy atom. The van der Waals surface area contributed by atoms with Crippen LogP contribution in [0.4, 0.5) is 5.69 Å². The van der Waals surface area contributed by atoms with E-state index in [1.165, 1.54) is 6.20 Å². The number of halogens is 1. The fourth-order valence-electron chi connectivity index (χ4n) is 4.90. The van der Waals surface area contributed by atoms with Crippen LogP contribution in [0.1, 0.15) is 32.7 Å². The lowest BCUT2D eigenvalue weighted by molar-refractivity contribution is -0.107. The summed E-state index contributed by atoms with van der Waals surface area (Å²) in [4.78, 5) is 21.9. The molecule has 0 saturated carbocycles. The zero-order valence-corrected chi connectivity index (χ0v) is 25.2. The fraction of sp³-hybridized carbons (Fsp3) is 0.219. The summed E-state index contributed by atoms with van der Waals surface area (Å²) in [7, 11) is 0. The van der Waals surface area contributed by atoms with Crippen molar-refractivity contribution in [3.63, 3.8) is 0 Å². The number of hydroxylamine groups is 2. The lowest BCUT2D eigenvalue weighted by Crippen LogP contribution is -2.22. The van der Waals surface area contributed by atoms with Gasteiger partial charge < -0.3 is 26.1 Å². The number of pyridine rings is 2. The Balaban J connectivity index is 1.40. The molecular formula is C32H31ClN8O4. The first kappa shape index (κ1) is 31.7. The maximum absolute atomic E-state index is 13.0. The second-order valence-corrected chi connectivity index (χ2v) is 10.6. The first-order chi connectivity index (χ1) is 21.8. The van der Waals surface area contributed by atoms with Crippen molar-refractivity contribution >= 4 is 28.8 Å². The zero-order valence-electron chi connectivity index (χ0n) is 24.4. The second-order valence-electron chi connectivity index (χ2n) is 10.2. The number of nitriles is 1. The van der Waals surface area contributed by atoms with E-state index in [1.54, 1.807) is 41.0 Å². The average Bonchev–Trinajstić information content (AvgIpc) is 3.46. The van der Waals surface area contributed by atoms with Gasteiger partial charge >= 0.3 is 0 Å². The number of benzene rings is 2. The van der Waals surface area contributed by atoms with Crippen LogP contribution in [0.15, 0.2) is 67.0 Å². The maximum Gasteiger partial charge on any atom is 0.274 e. The van der Waals surface area contributed by atoms with E-state index in [0.29, 0.717) is 52.0 Å². The van der Waals surface area contributed by atoms with Crippen molar-refractivity contribution in [1.29, 1.82) is 5.26 Å². The summed E-state index contributed by atoms with van der Waals surface area (Å²) in [6.45, 7) is 2.93. The number of amides is 1. The Kier molecular flexibility index (Phi) is 10.1. The summed E-state index contributed by atoms with van der Waals surface area (Å²) in [5.74, 6) is -0.00230. The quantitative estimate of drug-likeness (QED) is 0.101. The van der Waals surface area contributed by atoms with Gasteiger partial charge in [0.05, 0.1) is 36.0 Å². The number of hydrogen-bond acceptors (Lipinski definition) is 10. The summed E-state index contributed by atoms with van der Waals surface area (Å²) in [6.07, 6.45) is 3.30. The van der Waals surface area contributed by atoms with Crippen LogP contribution in [0.3, 0.4) is 0 Å². The third-order valence-electron chi connectivity index (χ3n) is 7.12. The van der Waals surface area contributed by atoms with E-state index >= 15 is 0 Å². The van der Waals surface area contributed by atoms with Gasteiger partial charge in [0.2, 0.25) is 0 Å². The van der Waals surface area contributed by atoms with Crippen molar-refractivity contribution in [2.75, 3.05) is 31.6 Å². The highest BCUT2D eigenvalue weighted by atomic mass is 35.5. The van der Waals surface area contributed by atoms with Crippen molar-refractivity contribution in [3.8, 4) is 28.6 Å². The molecule has 5 N–H and O–H groups in total. The summed E-state index contributed by atoms with van der Waals surface area (Å²) in [5.41, 5.74) is 6.05. The molecule has 5 rings (SSSR count). The third kappa shape index (κ3) is 7.16. The first-order valence-corrected chi connectivity index (χ1v) is 14.5. The van der Waals surface area contributed by atoms with E-state index in [4.69, 9.17) is 21.8 Å². The Bertz CT molecular complexity index is 1870. The molecule has 0 aliphatic rings. The smallest absolute Gasteiger partial charge is 0.274 e. The standard InChI is InChI=1S/C32H31ClN8O4/c1-20-24(4-2-5-25(20)30-38-31-23(15-34)14-22(16-35-10-12-42)19-41(31)39-30)26-6-3-7-27(29(26)33)37-32(44)28-9-8-21(17-36-28)18-40(45)11-13-43/h2-9,14,17,19,35,42-43,45H,10-13,16,18H2,1H3,(H,37,44). The summed E-state index contributed by atoms with van der Waals surface area (Å²) in [6, 6.07) is 18.2. The first-order valence-electron chi connectivity index (χ1n) is 14.1. The molecule has 0 atom stereocenters. The second kappa shape index (κ2) is 14.4. The van der Waals surface area contributed by atoms with Gasteiger partial charge in [-0.3, -0.25) is 9.78 Å². The molecule has 0 radical (unpaired) electrons. The van der Waals surface area contributed by atoms with E-state index in [0.717, 1.165) is 27.3 Å². The van der Waals surface area contributed by atoms with Crippen LogP contribution in [0.25, 0.3) is 28.2 Å². The summed E-state index contributed by atoms with van der Waals surface area (Å²) >= 11 is 6.85. The number of carbonyl (C=O) groups is 1. The maximum atomic E-state index is 13.0. The minimum Gasteiger partial charge on any atom is -0.395 e. The summed E-state index contributed by atoms with van der Waals surface area (Å²) in [5, 5.41) is 49.4. The molecule has 0 aliphatic carbocycles. The number of aromatic nitrogens is 4. The Labute approximate surface area is 264 Å². The van der Waals surface area contributed by atoms with Gasteiger partial charge in [-0.25, -0.2) is 9.50 Å². The van der Waals surface area contributed by atoms with Gasteiger partial charge in [-0.2, -0.15) is 10.3 Å². The molecule has 0 spiro atoms. The Morgan fingerprint density at radius 2 is 1.84 bits per heavy atom. The van der Waals surface area contributed by atoms with Crippen LogP contribution in [-0.4, -0.2) is 72.3 Å². The number of carbonyl (C=O) groups excluding carboxylic acids is 1. The molecule has 2 aromatic carbocycles. The molecule has 0 aliphatic heterocycles. The largest absolute Gasteiger partial charge is 0.395 e. The van der Waals surface area contributed by atoms with Crippen molar-refractivity contribution in [3.05, 3.63) is 100.0 Å². The lowest BCUT2D eigenvalue weighted by Gasteiger charge is -2.15. The van der Waals surface area contributed by atoms with Crippen LogP contribution < -0.4 is 10.6 Å². The molecule has 0 saturated heterocycles. The van der Waals surface area contributed by atoms with Gasteiger partial charge in [0.1, 0.15) is 11.8 Å². The highest BCUT2D eigenvalue weighted by Gasteiger charge is 2.18. The highest BCUT2D eigenvalue weighted by Crippen LogP contribution is 2.38. The van der Waals surface area contributed by atoms with E-state index in [9.17, 15) is 15.3 Å². The molecule has 5 aromatic rings. The Morgan fingerprint density at radius 1 is 1.07 bits per heavy atom. The molecule has 45 heavy (non-hydrogen) atoms. The number of aliphatic hydroxyl groups is 2. The third-order valence-corrected chi connectivity index (χ3v) is 7.53. The molecule has 0 bridgehead atoms. The van der Waals surface area contributed by atoms with Gasteiger partial charge in [0, 0.05) is 43.2 Å². The number of anilines is 1. The van der Waals surface area contributed by atoms with E-state index in [-0.39, 0.29) is 32.0 Å². The molecule has 13 heteroatoms. The van der Waals surface area contributed by atoms with Gasteiger partial charge in [0.15, 0.2) is 11.5 Å². The van der Waals surface area contributed by atoms with Crippen LogP contribution in [-0.2, 0) is 13.1 Å². The van der Waals surface area contributed by atoms with Gasteiger partial charge in [-0.1, -0.05) is 48.0 Å². The molecule has 1 amide bonds. The fourth-order valence-corrected chi connectivity index (χ4v) is 5.17. The van der Waals surface area contributed by atoms with Crippen molar-refractivity contribution in [2.45, 2.75) is 20.0 Å². The van der Waals surface area contributed by atoms with E-state index in [2.05, 4.69) is 31.8 Å². The van der Waals surface area contributed by atoms with E-state index < -0.39 is 5.91 Å². The number of nitrogens with one attached hydrogen (secondary N) is 2. The predicted octanol–water partition coefficient (Wildman–Crippen LogP) is 3.81. The van der Waals surface area contributed by atoms with E-state index in [1.807, 2.05) is 31.2 Å². The topological polar surface area (TPSA) is 172 Å². The molecule has 0 fully saturated rings. The number of hydrogen-bond donors (Lipinski definition) is 5. The van der Waals surface area contributed by atoms with Crippen LogP contribution in [0.5, 0.6) is 0 Å². The summed E-state index contributed by atoms with van der Waals surface area (Å²) < 4.78 is 1.59. The Hall–Kier alpha value is -4.74. The molecule has 0 unspecified atom stereocenters. The number of rotatable bonds is 12. The van der Waals surface area contributed by atoms with Crippen molar-refractivity contribution in [2.24, 2.45) is 0 Å². The lowest BCUT2D eigenvalue weighted by atomic mass is 9.95. The van der Waals surface area contributed by atoms with Crippen molar-refractivity contribution < 1.29 is 20.2 Å². The minimum atomic E-state index is -0.449. The van der Waals surface area contributed by atoms with Crippen LogP contribution in [0, 0.1) is 18.3 Å². The van der Waals surface area contributed by atoms with Gasteiger partial charge in [-0.05, 0) is 47.4 Å². The average molecular weight is 627 g/mol. The zero-order chi connectivity index (χ0) is 31.9. The normalized spacial score (nSPS) is 11.2. The predicted molar refractivity (Wildman–Crippen MR) is 169 cm³/mol. The number of aliphatic hydroxyl groups excluding tert-OH is 2. The molecule has 3 aromatic heterocycles. The molecule has 12 nitrogen and oxygen atoms in total. The van der Waals surface area contributed by atoms with Crippen molar-refractivity contribution in [1.82, 2.24) is 30.0 Å². The minimum absolute atomic E-state index is 0.0131. The SMILES string of the molecule is Cc1c(-c2nc3c(C#N)cc(CNCCO)cn3n2)cccc1-c1cccc(NC(=O)c2ccc(CN(O)CCO)cn2)c1Cl. The monoisotopic (exact) mass is 626 g/mol. The van der Waals surface area contributed by atoms with Crippen LogP contribution in [0.2, 0.25) is 5.02 Å². The number of nitrogens with zero attached hydrogens (tertiary/aromatic N) is 6. The molecular weight excluding hydrogens is 596 g/mol. The number of fused-ring (bicyclic) bond motifs is 1. The van der Waals surface area contributed by atoms with Crippen LogP contribution >= 0.6 is 11.6 Å². The highest BCUT2D eigenvalue weighted by molar-refractivity contribution is 6.36. The molecule has 3 heterocycles. The van der Waals surface area contributed by atoms with Gasteiger partial charge in [-0.15, -0.1) is 5.10 Å². The molecule has 230 valence electrons. The van der Waals surface area contributed by atoms with Gasteiger partial charge in [0.25, 0.3) is 5.91 Å².